The number of nitrogens with one attached hydrogen (secondary N) is 1. The average molecular weight is 257 g/mol. The van der Waals surface area contributed by atoms with E-state index in [1.54, 1.807) is 0 Å². The maximum absolute atomic E-state index is 5.44. The number of hydrogen-bond acceptors (Lipinski definition) is 4. The lowest BCUT2D eigenvalue weighted by Gasteiger charge is -2.09. The Morgan fingerprint density at radius 2 is 1.95 bits per heavy atom. The van der Waals surface area contributed by atoms with Gasteiger partial charge in [0.2, 0.25) is 0 Å². The number of nitrogens with zero attached hydrogens (tertiary/aromatic N) is 2. The smallest absolute Gasteiger partial charge is 0.148 e. The van der Waals surface area contributed by atoms with Crippen LogP contribution in [-0.4, -0.2) is 29.7 Å². The van der Waals surface area contributed by atoms with E-state index in [0.717, 1.165) is 35.5 Å². The first kappa shape index (κ1) is 13.5. The van der Waals surface area contributed by atoms with Gasteiger partial charge in [-0.05, 0) is 25.5 Å². The number of rotatable bonds is 7. The van der Waals surface area contributed by atoms with Crippen molar-refractivity contribution in [3.05, 3.63) is 42.6 Å². The summed E-state index contributed by atoms with van der Waals surface area (Å²) in [5.74, 6) is 0.825. The van der Waals surface area contributed by atoms with E-state index in [1.165, 1.54) is 0 Å². The highest BCUT2D eigenvalue weighted by Crippen LogP contribution is 2.15. The van der Waals surface area contributed by atoms with Gasteiger partial charge >= 0.3 is 0 Å². The number of aryl methyl sites for hydroxylation is 1. The molecular formula is C15H19N3O. The first-order valence-electron chi connectivity index (χ1n) is 6.47. The Kier molecular flexibility index (Phi) is 4.86. The van der Waals surface area contributed by atoms with Crippen LogP contribution in [0.3, 0.4) is 0 Å². The molecule has 0 aliphatic carbocycles. The van der Waals surface area contributed by atoms with Crippen molar-refractivity contribution in [1.82, 2.24) is 9.97 Å². The predicted octanol–water partition coefficient (Wildman–Crippen LogP) is 2.94. The van der Waals surface area contributed by atoms with Crippen LogP contribution in [0, 0.1) is 6.92 Å². The molecule has 0 radical (unpaired) electrons. The molecule has 0 bridgehead atoms. The van der Waals surface area contributed by atoms with Crippen LogP contribution < -0.4 is 5.32 Å². The summed E-state index contributed by atoms with van der Waals surface area (Å²) in [6.45, 7) is 7.71. The van der Waals surface area contributed by atoms with Crippen LogP contribution >= 0.6 is 0 Å². The monoisotopic (exact) mass is 257 g/mol. The number of benzene rings is 1. The molecule has 0 aliphatic rings. The van der Waals surface area contributed by atoms with Crippen molar-refractivity contribution in [2.45, 2.75) is 13.3 Å². The van der Waals surface area contributed by atoms with Crippen molar-refractivity contribution in [3.8, 4) is 0 Å². The largest absolute Gasteiger partial charge is 0.379 e. The second kappa shape index (κ2) is 6.85. The maximum Gasteiger partial charge on any atom is 0.148 e. The van der Waals surface area contributed by atoms with Gasteiger partial charge in [-0.2, -0.15) is 0 Å². The van der Waals surface area contributed by atoms with Gasteiger partial charge in [-0.1, -0.05) is 18.2 Å². The Bertz CT molecular complexity index is 554. The van der Waals surface area contributed by atoms with E-state index < -0.39 is 0 Å². The molecule has 0 fully saturated rings. The van der Waals surface area contributed by atoms with Crippen LogP contribution in [0.5, 0.6) is 0 Å². The van der Waals surface area contributed by atoms with Gasteiger partial charge in [0.1, 0.15) is 5.82 Å². The average Bonchev–Trinajstić information content (AvgIpc) is 2.43. The molecule has 1 aromatic carbocycles. The van der Waals surface area contributed by atoms with E-state index in [2.05, 4.69) is 21.9 Å². The highest BCUT2D eigenvalue weighted by atomic mass is 16.5. The zero-order chi connectivity index (χ0) is 13.5. The van der Waals surface area contributed by atoms with Crippen molar-refractivity contribution in [3.63, 3.8) is 0 Å². The second-order valence-electron chi connectivity index (χ2n) is 4.26. The van der Waals surface area contributed by atoms with Crippen LogP contribution in [0.25, 0.3) is 11.0 Å². The third kappa shape index (κ3) is 3.76. The maximum atomic E-state index is 5.44. The first-order chi connectivity index (χ1) is 9.31. The minimum Gasteiger partial charge on any atom is -0.379 e. The summed E-state index contributed by atoms with van der Waals surface area (Å²) < 4.78 is 5.44. The molecule has 4 heteroatoms. The summed E-state index contributed by atoms with van der Waals surface area (Å²) in [4.78, 5) is 9.09. The normalized spacial score (nSPS) is 10.6. The number of hydrogen-bond donors (Lipinski definition) is 1. The molecule has 1 N–H and O–H groups in total. The Morgan fingerprint density at radius 3 is 2.68 bits per heavy atom. The SMILES string of the molecule is C=CCCOCCNc1nc2ccccc2nc1C. The predicted molar refractivity (Wildman–Crippen MR) is 78.4 cm³/mol. The van der Waals surface area contributed by atoms with Gasteiger partial charge < -0.3 is 10.1 Å². The Labute approximate surface area is 113 Å². The van der Waals surface area contributed by atoms with Gasteiger partial charge in [0.15, 0.2) is 0 Å². The van der Waals surface area contributed by atoms with E-state index in [4.69, 9.17) is 4.74 Å². The summed E-state index contributed by atoms with van der Waals surface area (Å²) in [5.41, 5.74) is 2.74. The molecule has 2 rings (SSSR count). The minimum atomic E-state index is 0.655. The van der Waals surface area contributed by atoms with Crippen LogP contribution in [0.1, 0.15) is 12.1 Å². The summed E-state index contributed by atoms with van der Waals surface area (Å²) in [6.07, 6.45) is 2.74. The molecule has 19 heavy (non-hydrogen) atoms. The number of fused-ring (bicyclic) bond motifs is 1. The zero-order valence-corrected chi connectivity index (χ0v) is 11.2. The Hall–Kier alpha value is -1.94. The third-order valence-electron chi connectivity index (χ3n) is 2.75. The molecule has 1 aromatic heterocycles. The highest BCUT2D eigenvalue weighted by Gasteiger charge is 2.03. The topological polar surface area (TPSA) is 47.0 Å². The molecule has 4 nitrogen and oxygen atoms in total. The van der Waals surface area contributed by atoms with E-state index in [0.29, 0.717) is 13.2 Å². The third-order valence-corrected chi connectivity index (χ3v) is 2.75. The molecule has 1 heterocycles. The number of anilines is 1. The van der Waals surface area contributed by atoms with E-state index in [9.17, 15) is 0 Å². The number of aromatic nitrogens is 2. The second-order valence-corrected chi connectivity index (χ2v) is 4.26. The van der Waals surface area contributed by atoms with Gasteiger partial charge in [-0.25, -0.2) is 9.97 Å². The Balaban J connectivity index is 1.93. The summed E-state index contributed by atoms with van der Waals surface area (Å²) in [6, 6.07) is 7.87. The standard InChI is InChI=1S/C15H19N3O/c1-3-4-10-19-11-9-16-15-12(2)17-13-7-5-6-8-14(13)18-15/h3,5-8H,1,4,9-11H2,2H3,(H,16,18). The number of para-hydroxylation sites is 2. The van der Waals surface area contributed by atoms with E-state index in [-0.39, 0.29) is 0 Å². The zero-order valence-electron chi connectivity index (χ0n) is 11.2. The van der Waals surface area contributed by atoms with Gasteiger partial charge in [-0.15, -0.1) is 6.58 Å². The molecule has 0 aliphatic heterocycles. The van der Waals surface area contributed by atoms with Crippen molar-refractivity contribution >= 4 is 16.9 Å². The van der Waals surface area contributed by atoms with Gasteiger partial charge in [0, 0.05) is 6.54 Å². The summed E-state index contributed by atoms with van der Waals surface area (Å²) in [5, 5.41) is 3.26. The van der Waals surface area contributed by atoms with Crippen LogP contribution in [0.15, 0.2) is 36.9 Å². The van der Waals surface area contributed by atoms with Crippen LogP contribution in [0.2, 0.25) is 0 Å². The fourth-order valence-electron chi connectivity index (χ4n) is 1.77. The fraction of sp³-hybridized carbons (Fsp3) is 0.333. The summed E-state index contributed by atoms with van der Waals surface area (Å²) >= 11 is 0. The van der Waals surface area contributed by atoms with Crippen molar-refractivity contribution in [1.29, 1.82) is 0 Å². The molecule has 0 spiro atoms. The van der Waals surface area contributed by atoms with E-state index in [1.807, 2.05) is 37.3 Å². The molecule has 2 aromatic rings. The van der Waals surface area contributed by atoms with Crippen molar-refractivity contribution in [2.24, 2.45) is 0 Å². The Morgan fingerprint density at radius 1 is 1.21 bits per heavy atom. The lowest BCUT2D eigenvalue weighted by atomic mass is 10.3. The van der Waals surface area contributed by atoms with Gasteiger partial charge in [0.05, 0.1) is 29.9 Å². The molecule has 0 atom stereocenters. The van der Waals surface area contributed by atoms with Gasteiger partial charge in [-0.3, -0.25) is 0 Å². The van der Waals surface area contributed by atoms with Crippen LogP contribution in [-0.2, 0) is 4.74 Å². The first-order valence-corrected chi connectivity index (χ1v) is 6.47. The molecule has 0 saturated heterocycles. The molecule has 0 unspecified atom stereocenters. The number of ether oxygens (including phenoxy) is 1. The lowest BCUT2D eigenvalue weighted by molar-refractivity contribution is 0.149. The lowest BCUT2D eigenvalue weighted by Crippen LogP contribution is -2.12. The van der Waals surface area contributed by atoms with Gasteiger partial charge in [0.25, 0.3) is 0 Å². The van der Waals surface area contributed by atoms with Crippen molar-refractivity contribution < 1.29 is 4.74 Å². The summed E-state index contributed by atoms with van der Waals surface area (Å²) in [7, 11) is 0. The quantitative estimate of drug-likeness (QED) is 0.612. The molecule has 0 saturated carbocycles. The molecule has 0 amide bonds. The van der Waals surface area contributed by atoms with Crippen molar-refractivity contribution in [2.75, 3.05) is 25.1 Å². The fourth-order valence-corrected chi connectivity index (χ4v) is 1.77. The minimum absolute atomic E-state index is 0.655. The molecular weight excluding hydrogens is 238 g/mol. The van der Waals surface area contributed by atoms with Crippen LogP contribution in [0.4, 0.5) is 5.82 Å². The van der Waals surface area contributed by atoms with E-state index >= 15 is 0 Å². The highest BCUT2D eigenvalue weighted by molar-refractivity contribution is 5.76. The molecule has 100 valence electrons.